The molecule has 0 radical (unpaired) electrons. The number of benzene rings is 2. The van der Waals surface area contributed by atoms with Gasteiger partial charge >= 0.3 is 0 Å². The van der Waals surface area contributed by atoms with E-state index in [1.165, 1.54) is 34.6 Å². The maximum atomic E-state index is 16.1. The number of carbonyl (C=O) groups is 1. The third-order valence-electron chi connectivity index (χ3n) is 9.34. The molecule has 1 aliphatic carbocycles. The smallest absolute Gasteiger partial charge is 0.246 e. The number of nitrogens with zero attached hydrogens (tertiary/aromatic N) is 5. The number of thiophene rings is 1. The van der Waals surface area contributed by atoms with E-state index in [4.69, 9.17) is 14.8 Å². The molecule has 234 valence electrons. The maximum absolute atomic E-state index is 16.1. The van der Waals surface area contributed by atoms with Crippen LogP contribution in [0.5, 0.6) is 5.75 Å². The molecule has 0 unspecified atom stereocenters. The lowest BCUT2D eigenvalue weighted by atomic mass is 9.93. The lowest BCUT2D eigenvalue weighted by Crippen LogP contribution is -2.40. The SMILES string of the molecule is C=CC(=O)N1CCn2nc(-c3nc(-c4ccc5c(c4)CCN(C)C5)c4ccsc4c3-c3c(F)cc(F)cc3OC3CC3)cc2[C@@H]1C. The summed E-state index contributed by atoms with van der Waals surface area (Å²) in [5.74, 6) is -1.37. The number of pyridine rings is 1. The van der Waals surface area contributed by atoms with Crippen molar-refractivity contribution in [1.29, 1.82) is 0 Å². The minimum Gasteiger partial charge on any atom is -0.490 e. The van der Waals surface area contributed by atoms with Gasteiger partial charge < -0.3 is 14.5 Å². The Labute approximate surface area is 269 Å². The molecule has 1 atom stereocenters. The number of aromatic nitrogens is 3. The highest BCUT2D eigenvalue weighted by atomic mass is 32.1. The van der Waals surface area contributed by atoms with Gasteiger partial charge in [0.25, 0.3) is 0 Å². The van der Waals surface area contributed by atoms with Gasteiger partial charge in [-0.3, -0.25) is 9.48 Å². The summed E-state index contributed by atoms with van der Waals surface area (Å²) < 4.78 is 39.6. The van der Waals surface area contributed by atoms with Gasteiger partial charge in [-0.25, -0.2) is 13.8 Å². The Morgan fingerprint density at radius 2 is 1.89 bits per heavy atom. The van der Waals surface area contributed by atoms with Crippen molar-refractivity contribution < 1.29 is 18.3 Å². The molecule has 1 amide bonds. The number of ether oxygens (including phenoxy) is 1. The number of carbonyl (C=O) groups excluding carboxylic acids is 1. The molecule has 0 N–H and O–H groups in total. The Morgan fingerprint density at radius 1 is 1.04 bits per heavy atom. The summed E-state index contributed by atoms with van der Waals surface area (Å²) in [6.45, 7) is 8.51. The van der Waals surface area contributed by atoms with Crippen LogP contribution in [-0.4, -0.2) is 56.7 Å². The Bertz CT molecular complexity index is 2050. The van der Waals surface area contributed by atoms with Crippen LogP contribution in [0.15, 0.2) is 60.5 Å². The number of halogens is 2. The third kappa shape index (κ3) is 4.91. The predicted molar refractivity (Wildman–Crippen MR) is 176 cm³/mol. The number of amides is 1. The Kier molecular flexibility index (Phi) is 7.02. The quantitative estimate of drug-likeness (QED) is 0.182. The van der Waals surface area contributed by atoms with E-state index in [1.807, 2.05) is 29.1 Å². The molecule has 1 saturated carbocycles. The molecule has 46 heavy (non-hydrogen) atoms. The van der Waals surface area contributed by atoms with Crippen molar-refractivity contribution in [3.05, 3.63) is 89.0 Å². The van der Waals surface area contributed by atoms with Gasteiger partial charge in [0.15, 0.2) is 0 Å². The summed E-state index contributed by atoms with van der Waals surface area (Å²) in [4.78, 5) is 22.0. The van der Waals surface area contributed by atoms with Gasteiger partial charge in [-0.15, -0.1) is 11.3 Å². The van der Waals surface area contributed by atoms with Crippen LogP contribution in [0.4, 0.5) is 8.78 Å². The number of hydrogen-bond acceptors (Lipinski definition) is 6. The molecule has 2 aromatic carbocycles. The van der Waals surface area contributed by atoms with Crippen molar-refractivity contribution in [3.8, 4) is 39.5 Å². The Balaban J connectivity index is 1.37. The molecular weight excluding hydrogens is 604 g/mol. The highest BCUT2D eigenvalue weighted by molar-refractivity contribution is 7.18. The highest BCUT2D eigenvalue weighted by Gasteiger charge is 2.33. The molecule has 3 aliphatic rings. The van der Waals surface area contributed by atoms with Gasteiger partial charge in [0.1, 0.15) is 28.8 Å². The lowest BCUT2D eigenvalue weighted by molar-refractivity contribution is -0.129. The Morgan fingerprint density at radius 3 is 2.70 bits per heavy atom. The monoisotopic (exact) mass is 637 g/mol. The average molecular weight is 638 g/mol. The van der Waals surface area contributed by atoms with Crippen LogP contribution < -0.4 is 4.74 Å². The molecule has 8 rings (SSSR count). The zero-order valence-corrected chi connectivity index (χ0v) is 26.5. The molecule has 0 spiro atoms. The van der Waals surface area contributed by atoms with Crippen LogP contribution in [0.3, 0.4) is 0 Å². The Hall–Kier alpha value is -4.41. The predicted octanol–water partition coefficient (Wildman–Crippen LogP) is 7.39. The van der Waals surface area contributed by atoms with Crippen LogP contribution in [0.2, 0.25) is 0 Å². The van der Waals surface area contributed by atoms with Crippen LogP contribution in [-0.2, 0) is 24.3 Å². The summed E-state index contributed by atoms with van der Waals surface area (Å²) in [7, 11) is 2.13. The van der Waals surface area contributed by atoms with Gasteiger partial charge in [-0.05, 0) is 74.0 Å². The van der Waals surface area contributed by atoms with Crippen LogP contribution in [0.1, 0.15) is 42.6 Å². The number of hydrogen-bond donors (Lipinski definition) is 0. The first-order valence-electron chi connectivity index (χ1n) is 15.7. The van der Waals surface area contributed by atoms with Crippen molar-refractivity contribution in [3.63, 3.8) is 0 Å². The van der Waals surface area contributed by atoms with Gasteiger partial charge in [-0.1, -0.05) is 18.7 Å². The van der Waals surface area contributed by atoms with Crippen LogP contribution in [0, 0.1) is 11.6 Å². The summed E-state index contributed by atoms with van der Waals surface area (Å²) in [6.07, 6.45) is 3.89. The van der Waals surface area contributed by atoms with E-state index < -0.39 is 11.6 Å². The second-order valence-electron chi connectivity index (χ2n) is 12.5. The minimum absolute atomic E-state index is 0.0712. The number of fused-ring (bicyclic) bond motifs is 3. The van der Waals surface area contributed by atoms with Gasteiger partial charge in [-0.2, -0.15) is 5.10 Å². The summed E-state index contributed by atoms with van der Waals surface area (Å²) in [6, 6.07) is 12.4. The van der Waals surface area contributed by atoms with Crippen molar-refractivity contribution in [1.82, 2.24) is 24.6 Å². The molecule has 0 bridgehead atoms. The normalized spacial score (nSPS) is 18.0. The first-order chi connectivity index (χ1) is 22.3. The topological polar surface area (TPSA) is 63.5 Å². The van der Waals surface area contributed by atoms with E-state index in [0.717, 1.165) is 65.5 Å². The summed E-state index contributed by atoms with van der Waals surface area (Å²) in [5.41, 5.74) is 6.99. The zero-order chi connectivity index (χ0) is 31.7. The first-order valence-corrected chi connectivity index (χ1v) is 16.6. The van der Waals surface area contributed by atoms with Crippen LogP contribution >= 0.6 is 11.3 Å². The third-order valence-corrected chi connectivity index (χ3v) is 10.3. The molecular formula is C36H33F2N5O2S. The largest absolute Gasteiger partial charge is 0.490 e. The molecule has 7 nitrogen and oxygen atoms in total. The second kappa shape index (κ2) is 11.1. The van der Waals surface area contributed by atoms with Gasteiger partial charge in [0, 0.05) is 53.0 Å². The molecule has 10 heteroatoms. The average Bonchev–Trinajstić information content (AvgIpc) is 3.52. The molecule has 3 aromatic heterocycles. The van der Waals surface area contributed by atoms with E-state index >= 15 is 4.39 Å². The molecule has 1 fully saturated rings. The fraction of sp³-hybridized carbons (Fsp3) is 0.306. The number of rotatable bonds is 6. The highest BCUT2D eigenvalue weighted by Crippen LogP contribution is 2.48. The molecule has 5 heterocycles. The van der Waals surface area contributed by atoms with Crippen LogP contribution in [0.25, 0.3) is 43.9 Å². The van der Waals surface area contributed by atoms with Gasteiger partial charge in [0.2, 0.25) is 5.91 Å². The van der Waals surface area contributed by atoms with E-state index in [-0.39, 0.29) is 29.4 Å². The van der Waals surface area contributed by atoms with Crippen molar-refractivity contribution in [2.75, 3.05) is 20.1 Å². The van der Waals surface area contributed by atoms with Crippen molar-refractivity contribution >= 4 is 27.3 Å². The van der Waals surface area contributed by atoms with E-state index in [1.54, 1.807) is 4.90 Å². The van der Waals surface area contributed by atoms with E-state index in [9.17, 15) is 9.18 Å². The lowest BCUT2D eigenvalue weighted by Gasteiger charge is -2.33. The standard InChI is InChI=1S/C36H33F2N5O2S/c1-4-31(44)42-12-13-43-29(20(42)2)18-28(40-43)35-33(32-27(38)16-24(37)17-30(32)45-25-7-8-25)36-26(10-14-46-36)34(39-35)22-5-6-23-19-41(3)11-9-21(23)15-22/h4-6,10,14-18,20,25H,1,7-9,11-13,19H2,2-3H3/t20-/m0/s1. The first kappa shape index (κ1) is 29.0. The fourth-order valence-electron chi connectivity index (χ4n) is 6.79. The molecule has 2 aliphatic heterocycles. The maximum Gasteiger partial charge on any atom is 0.246 e. The number of likely N-dealkylation sites (N-methyl/N-ethyl adjacent to an activating group) is 1. The van der Waals surface area contributed by atoms with Crippen molar-refractivity contribution in [2.45, 2.75) is 51.4 Å². The summed E-state index contributed by atoms with van der Waals surface area (Å²) >= 11 is 1.49. The molecule has 5 aromatic rings. The zero-order valence-electron chi connectivity index (χ0n) is 25.7. The van der Waals surface area contributed by atoms with E-state index in [2.05, 4.69) is 36.7 Å². The fourth-order valence-corrected chi connectivity index (χ4v) is 7.74. The minimum atomic E-state index is -0.709. The molecule has 0 saturated heterocycles. The van der Waals surface area contributed by atoms with Crippen molar-refractivity contribution in [2.24, 2.45) is 0 Å². The van der Waals surface area contributed by atoms with Gasteiger partial charge in [0.05, 0.1) is 35.6 Å². The van der Waals surface area contributed by atoms with E-state index in [0.29, 0.717) is 30.0 Å². The summed E-state index contributed by atoms with van der Waals surface area (Å²) in [5, 5.41) is 7.86. The second-order valence-corrected chi connectivity index (χ2v) is 13.4.